The van der Waals surface area contributed by atoms with E-state index < -0.39 is 0 Å². The molecule has 6 aromatic carbocycles. The van der Waals surface area contributed by atoms with E-state index >= 15 is 0 Å². The summed E-state index contributed by atoms with van der Waals surface area (Å²) in [4.78, 5) is 7.17. The van der Waals surface area contributed by atoms with Crippen LogP contribution in [0.3, 0.4) is 0 Å². The van der Waals surface area contributed by atoms with Crippen LogP contribution < -0.4 is 0 Å². The van der Waals surface area contributed by atoms with Crippen LogP contribution in [-0.2, 0) is 24.7 Å². The van der Waals surface area contributed by atoms with E-state index in [1.54, 1.807) is 11.1 Å². The fraction of sp³-hybridized carbons (Fsp3) is 0.486. The van der Waals surface area contributed by atoms with Crippen LogP contribution in [0, 0.1) is 0 Å². The molecule has 0 saturated carbocycles. The van der Waals surface area contributed by atoms with Crippen LogP contribution in [0.2, 0.25) is 0 Å². The van der Waals surface area contributed by atoms with Gasteiger partial charge in [0.15, 0.2) is 0 Å². The van der Waals surface area contributed by atoms with Gasteiger partial charge in [0.1, 0.15) is 5.82 Å². The number of rotatable bonds is 32. The molecule has 0 unspecified atom stereocenters. The predicted octanol–water partition coefficient (Wildman–Crippen LogP) is 22.9. The van der Waals surface area contributed by atoms with Crippen LogP contribution in [0.25, 0.3) is 71.2 Å². The Kier molecular flexibility index (Phi) is 20.0. The molecule has 0 aliphatic heterocycles. The number of benzene rings is 6. The van der Waals surface area contributed by atoms with Gasteiger partial charge in [-0.15, -0.1) is 11.3 Å². The molecule has 0 N–H and O–H groups in total. The summed E-state index contributed by atoms with van der Waals surface area (Å²) in [5, 5.41) is 7.71. The first-order chi connectivity index (χ1) is 37.0. The normalized spacial score (nSPS) is 12.9. The second-order valence-electron chi connectivity index (χ2n) is 22.9. The van der Waals surface area contributed by atoms with E-state index in [1.165, 1.54) is 244 Å². The lowest BCUT2D eigenvalue weighted by atomic mass is 9.70. The highest BCUT2D eigenvalue weighted by Crippen LogP contribution is 2.55. The summed E-state index contributed by atoms with van der Waals surface area (Å²) in [6.07, 6.45) is 37.2. The highest BCUT2D eigenvalue weighted by molar-refractivity contribution is 7.14. The van der Waals surface area contributed by atoms with Crippen molar-refractivity contribution in [2.75, 3.05) is 0 Å². The Balaban J connectivity index is 1.16. The molecule has 0 spiro atoms. The average molecular weight is 1020 g/mol. The molecule has 0 amide bonds. The lowest BCUT2D eigenvalue weighted by Crippen LogP contribution is -2.25. The van der Waals surface area contributed by atoms with Crippen molar-refractivity contribution < 1.29 is 0 Å². The zero-order valence-electron chi connectivity index (χ0n) is 47.3. The molecule has 1 aliphatic carbocycles. The molecule has 2 heterocycles. The number of thiophene rings is 1. The Morgan fingerprint density at radius 2 is 0.920 bits per heavy atom. The van der Waals surface area contributed by atoms with Crippen LogP contribution >= 0.6 is 11.3 Å². The standard InChI is InChI=1S/C72H92N2S/c1-6-11-16-21-23-30-47-72(48-31-24-22-17-12-7-2)66-36-29-28-35-60(66)61-46-41-57(51-67(61)72)68-52-58(53-75-68)71-73-69-62-44-39-55(33-26-19-14-9-4)49-64(62)65-50-56(34-27-20-15-10-5)40-45-63(65)70(69)74(71)59-42-37-54(38-43-59)32-25-18-13-8-3/h28-29,35-46,49-53H,6-27,30-34,47-48H2,1-5H3. The molecule has 1 aliphatic rings. The Morgan fingerprint density at radius 1 is 0.413 bits per heavy atom. The molecule has 0 fully saturated rings. The fourth-order valence-corrected chi connectivity index (χ4v) is 13.9. The summed E-state index contributed by atoms with van der Waals surface area (Å²) in [5.74, 6) is 1.04. The van der Waals surface area contributed by atoms with Gasteiger partial charge in [-0.25, -0.2) is 4.98 Å². The maximum Gasteiger partial charge on any atom is 0.146 e. The predicted molar refractivity (Wildman–Crippen MR) is 331 cm³/mol. The minimum absolute atomic E-state index is 0.0561. The minimum Gasteiger partial charge on any atom is -0.292 e. The lowest BCUT2D eigenvalue weighted by Gasteiger charge is -2.33. The van der Waals surface area contributed by atoms with E-state index in [-0.39, 0.29) is 5.41 Å². The molecular formula is C72H92N2S. The number of imidazole rings is 1. The quantitative estimate of drug-likeness (QED) is 0.0304. The molecule has 396 valence electrons. The molecule has 0 atom stereocenters. The smallest absolute Gasteiger partial charge is 0.146 e. The van der Waals surface area contributed by atoms with Gasteiger partial charge in [-0.1, -0.05) is 254 Å². The molecular weight excluding hydrogens is 925 g/mol. The van der Waals surface area contributed by atoms with Gasteiger partial charge < -0.3 is 0 Å². The maximum absolute atomic E-state index is 5.84. The Labute approximate surface area is 458 Å². The van der Waals surface area contributed by atoms with Crippen molar-refractivity contribution in [1.29, 1.82) is 0 Å². The molecule has 2 nitrogen and oxygen atoms in total. The molecule has 3 heteroatoms. The van der Waals surface area contributed by atoms with Gasteiger partial charge in [0.05, 0.1) is 11.0 Å². The third-order valence-corrected chi connectivity index (χ3v) is 18.3. The third kappa shape index (κ3) is 12.7. The molecule has 9 rings (SSSR count). The van der Waals surface area contributed by atoms with Gasteiger partial charge >= 0.3 is 0 Å². The van der Waals surface area contributed by atoms with Crippen LogP contribution in [0.4, 0.5) is 0 Å². The van der Waals surface area contributed by atoms with Crippen molar-refractivity contribution in [3.63, 3.8) is 0 Å². The number of aryl methyl sites for hydroxylation is 3. The molecule has 2 aromatic heterocycles. The zero-order valence-corrected chi connectivity index (χ0v) is 48.1. The maximum atomic E-state index is 5.84. The lowest BCUT2D eigenvalue weighted by molar-refractivity contribution is 0.398. The average Bonchev–Trinajstić information content (AvgIpc) is 4.19. The van der Waals surface area contributed by atoms with Crippen LogP contribution in [0.15, 0.2) is 115 Å². The van der Waals surface area contributed by atoms with Crippen molar-refractivity contribution in [3.05, 3.63) is 142 Å². The van der Waals surface area contributed by atoms with Crippen LogP contribution in [-0.4, -0.2) is 9.55 Å². The molecule has 8 aromatic rings. The van der Waals surface area contributed by atoms with Crippen molar-refractivity contribution in [2.24, 2.45) is 0 Å². The highest BCUT2D eigenvalue weighted by atomic mass is 32.1. The first kappa shape index (κ1) is 54.8. The van der Waals surface area contributed by atoms with E-state index in [0.717, 1.165) is 30.6 Å². The highest BCUT2D eigenvalue weighted by Gasteiger charge is 2.42. The van der Waals surface area contributed by atoms with Crippen LogP contribution in [0.5, 0.6) is 0 Å². The second kappa shape index (κ2) is 27.4. The summed E-state index contributed by atoms with van der Waals surface area (Å²) in [5.41, 5.74) is 16.6. The third-order valence-electron chi connectivity index (χ3n) is 17.3. The van der Waals surface area contributed by atoms with E-state index in [1.807, 2.05) is 11.3 Å². The van der Waals surface area contributed by atoms with Crippen molar-refractivity contribution in [3.8, 4) is 38.6 Å². The topological polar surface area (TPSA) is 17.8 Å². The summed E-state index contributed by atoms with van der Waals surface area (Å²) >= 11 is 1.89. The summed E-state index contributed by atoms with van der Waals surface area (Å²) in [7, 11) is 0. The monoisotopic (exact) mass is 1020 g/mol. The number of nitrogens with zero attached hydrogens (tertiary/aromatic N) is 2. The minimum atomic E-state index is 0.0561. The fourth-order valence-electron chi connectivity index (χ4n) is 13.0. The molecule has 0 saturated heterocycles. The van der Waals surface area contributed by atoms with E-state index in [4.69, 9.17) is 4.98 Å². The van der Waals surface area contributed by atoms with Gasteiger partial charge in [-0.05, 0) is 131 Å². The van der Waals surface area contributed by atoms with Gasteiger partial charge in [-0.2, -0.15) is 0 Å². The van der Waals surface area contributed by atoms with Crippen molar-refractivity contribution in [1.82, 2.24) is 9.55 Å². The van der Waals surface area contributed by atoms with Gasteiger partial charge in [-0.3, -0.25) is 4.57 Å². The van der Waals surface area contributed by atoms with Crippen molar-refractivity contribution in [2.45, 2.75) is 226 Å². The zero-order chi connectivity index (χ0) is 51.8. The summed E-state index contributed by atoms with van der Waals surface area (Å²) < 4.78 is 2.54. The SMILES string of the molecule is CCCCCCCCC1(CCCCCCCC)c2ccccc2-c2ccc(-c3cc(-c4nc5c6ccc(CCCCCC)cc6c6cc(CCCCCC)ccc6c5n4-c4ccc(CCCCCC)cc4)cs3)cc21. The Hall–Kier alpha value is -4.99. The van der Waals surface area contributed by atoms with Gasteiger partial charge in [0.2, 0.25) is 0 Å². The van der Waals surface area contributed by atoms with Crippen molar-refractivity contribution >= 4 is 43.9 Å². The van der Waals surface area contributed by atoms with E-state index in [0.29, 0.717) is 0 Å². The molecule has 75 heavy (non-hydrogen) atoms. The van der Waals surface area contributed by atoms with E-state index in [9.17, 15) is 0 Å². The Morgan fingerprint density at radius 3 is 1.53 bits per heavy atom. The number of hydrogen-bond acceptors (Lipinski definition) is 2. The summed E-state index contributed by atoms with van der Waals surface area (Å²) in [6.45, 7) is 11.6. The van der Waals surface area contributed by atoms with Gasteiger partial charge in [0.25, 0.3) is 0 Å². The van der Waals surface area contributed by atoms with E-state index in [2.05, 4.69) is 154 Å². The molecule has 0 radical (unpaired) electrons. The summed E-state index contributed by atoms with van der Waals surface area (Å²) in [6, 6.07) is 43.9. The Bertz CT molecular complexity index is 3040. The largest absolute Gasteiger partial charge is 0.292 e. The number of fused-ring (bicyclic) bond motifs is 9. The first-order valence-electron chi connectivity index (χ1n) is 30.8. The molecule has 0 bridgehead atoms. The number of unbranched alkanes of at least 4 members (excludes halogenated alkanes) is 19. The van der Waals surface area contributed by atoms with Gasteiger partial charge in [0, 0.05) is 37.7 Å². The number of aromatic nitrogens is 2. The number of hydrogen-bond donors (Lipinski definition) is 0. The first-order valence-corrected chi connectivity index (χ1v) is 31.7. The van der Waals surface area contributed by atoms with Crippen LogP contribution in [0.1, 0.15) is 229 Å². The second-order valence-corrected chi connectivity index (χ2v) is 23.9.